The van der Waals surface area contributed by atoms with Gasteiger partial charge in [0, 0.05) is 6.21 Å². The minimum Gasteiger partial charge on any atom is -0.383 e. The van der Waals surface area contributed by atoms with Gasteiger partial charge in [0.15, 0.2) is 0 Å². The molecule has 0 radical (unpaired) electrons. The second-order valence-electron chi connectivity index (χ2n) is 4.31. The third kappa shape index (κ3) is 3.13. The normalized spacial score (nSPS) is 11.1. The van der Waals surface area contributed by atoms with Crippen LogP contribution in [0.25, 0.3) is 0 Å². The second kappa shape index (κ2) is 5.56. The van der Waals surface area contributed by atoms with Crippen LogP contribution in [-0.4, -0.2) is 16.2 Å². The molecular formula is C14H15FN4. The standard InChI is InChI=1S/C14H15FN4/c1-9-5-11(3-4-13(9)15)6-17-7-12-10(2)18-8-19-14(12)16/h3-5,7-8H,6H2,1-2H3,(H2,16,18,19). The number of anilines is 1. The van der Waals surface area contributed by atoms with Crippen LogP contribution in [0.3, 0.4) is 0 Å². The Hall–Kier alpha value is -2.30. The van der Waals surface area contributed by atoms with Crippen LogP contribution >= 0.6 is 0 Å². The lowest BCUT2D eigenvalue weighted by Crippen LogP contribution is -2.01. The quantitative estimate of drug-likeness (QED) is 0.860. The molecule has 0 spiro atoms. The first-order valence-electron chi connectivity index (χ1n) is 5.90. The number of hydrogen-bond donors (Lipinski definition) is 1. The van der Waals surface area contributed by atoms with Gasteiger partial charge in [-0.15, -0.1) is 0 Å². The van der Waals surface area contributed by atoms with Crippen molar-refractivity contribution < 1.29 is 4.39 Å². The summed E-state index contributed by atoms with van der Waals surface area (Å²) in [6, 6.07) is 4.95. The molecule has 0 aliphatic heterocycles. The Bertz CT molecular complexity index is 603. The van der Waals surface area contributed by atoms with Crippen molar-refractivity contribution in [2.75, 3.05) is 5.73 Å². The number of nitrogens with zero attached hydrogens (tertiary/aromatic N) is 3. The molecule has 0 amide bonds. The van der Waals surface area contributed by atoms with E-state index in [1.807, 2.05) is 6.92 Å². The minimum absolute atomic E-state index is 0.204. The number of aliphatic imine (C=N–C) groups is 1. The molecule has 2 aromatic rings. The fourth-order valence-corrected chi connectivity index (χ4v) is 1.71. The van der Waals surface area contributed by atoms with E-state index >= 15 is 0 Å². The number of hydrogen-bond acceptors (Lipinski definition) is 4. The smallest absolute Gasteiger partial charge is 0.135 e. The molecule has 1 heterocycles. The van der Waals surface area contributed by atoms with E-state index in [1.54, 1.807) is 25.3 Å². The summed E-state index contributed by atoms with van der Waals surface area (Å²) in [4.78, 5) is 12.3. The van der Waals surface area contributed by atoms with Crippen LogP contribution in [0, 0.1) is 19.7 Å². The van der Waals surface area contributed by atoms with E-state index in [4.69, 9.17) is 5.73 Å². The van der Waals surface area contributed by atoms with Crippen LogP contribution in [0.4, 0.5) is 10.2 Å². The third-order valence-corrected chi connectivity index (χ3v) is 2.83. The predicted molar refractivity (Wildman–Crippen MR) is 73.6 cm³/mol. The average molecular weight is 258 g/mol. The molecule has 2 rings (SSSR count). The van der Waals surface area contributed by atoms with E-state index in [0.29, 0.717) is 17.9 Å². The molecule has 0 bridgehead atoms. The van der Waals surface area contributed by atoms with Crippen molar-refractivity contribution in [3.63, 3.8) is 0 Å². The lowest BCUT2D eigenvalue weighted by Gasteiger charge is -2.02. The van der Waals surface area contributed by atoms with Gasteiger partial charge in [0.25, 0.3) is 0 Å². The van der Waals surface area contributed by atoms with Crippen molar-refractivity contribution in [2.45, 2.75) is 20.4 Å². The summed E-state index contributed by atoms with van der Waals surface area (Å²) >= 11 is 0. The Morgan fingerprint density at radius 2 is 2.11 bits per heavy atom. The number of aromatic nitrogens is 2. The fraction of sp³-hybridized carbons (Fsp3) is 0.214. The van der Waals surface area contributed by atoms with Gasteiger partial charge in [-0.05, 0) is 31.0 Å². The van der Waals surface area contributed by atoms with Gasteiger partial charge in [-0.2, -0.15) is 0 Å². The van der Waals surface area contributed by atoms with Crippen molar-refractivity contribution >= 4 is 12.0 Å². The molecule has 0 fully saturated rings. The van der Waals surface area contributed by atoms with Gasteiger partial charge in [-0.1, -0.05) is 12.1 Å². The number of halogens is 1. The topological polar surface area (TPSA) is 64.2 Å². The van der Waals surface area contributed by atoms with E-state index in [9.17, 15) is 4.39 Å². The number of aryl methyl sites for hydroxylation is 2. The highest BCUT2D eigenvalue weighted by Crippen LogP contribution is 2.11. The number of rotatable bonds is 3. The lowest BCUT2D eigenvalue weighted by atomic mass is 10.1. The molecule has 1 aromatic carbocycles. The maximum Gasteiger partial charge on any atom is 0.135 e. The highest BCUT2D eigenvalue weighted by Gasteiger charge is 2.02. The average Bonchev–Trinajstić information content (AvgIpc) is 2.37. The first-order chi connectivity index (χ1) is 9.08. The third-order valence-electron chi connectivity index (χ3n) is 2.83. The van der Waals surface area contributed by atoms with Crippen molar-refractivity contribution in [3.8, 4) is 0 Å². The maximum absolute atomic E-state index is 13.1. The molecule has 0 aliphatic carbocycles. The molecule has 4 nitrogen and oxygen atoms in total. The Labute approximate surface area is 111 Å². The fourth-order valence-electron chi connectivity index (χ4n) is 1.71. The summed E-state index contributed by atoms with van der Waals surface area (Å²) in [7, 11) is 0. The van der Waals surface area contributed by atoms with Crippen molar-refractivity contribution in [1.82, 2.24) is 9.97 Å². The van der Waals surface area contributed by atoms with Crippen molar-refractivity contribution in [2.24, 2.45) is 4.99 Å². The first kappa shape index (κ1) is 13.1. The maximum atomic E-state index is 13.1. The minimum atomic E-state index is -0.204. The van der Waals surface area contributed by atoms with Gasteiger partial charge in [0.2, 0.25) is 0 Å². The number of nitrogen functional groups attached to an aromatic ring is 1. The molecule has 0 aliphatic rings. The van der Waals surface area contributed by atoms with Crippen LogP contribution in [0.2, 0.25) is 0 Å². The zero-order valence-corrected chi connectivity index (χ0v) is 10.9. The van der Waals surface area contributed by atoms with Crippen LogP contribution in [0.1, 0.15) is 22.4 Å². The lowest BCUT2D eigenvalue weighted by molar-refractivity contribution is 0.617. The van der Waals surface area contributed by atoms with E-state index in [1.165, 1.54) is 12.4 Å². The van der Waals surface area contributed by atoms with Gasteiger partial charge >= 0.3 is 0 Å². The highest BCUT2D eigenvalue weighted by atomic mass is 19.1. The van der Waals surface area contributed by atoms with Crippen LogP contribution in [0.5, 0.6) is 0 Å². The predicted octanol–water partition coefficient (Wildman–Crippen LogP) is 2.43. The van der Waals surface area contributed by atoms with E-state index in [-0.39, 0.29) is 5.82 Å². The van der Waals surface area contributed by atoms with E-state index in [2.05, 4.69) is 15.0 Å². The van der Waals surface area contributed by atoms with Crippen LogP contribution < -0.4 is 5.73 Å². The largest absolute Gasteiger partial charge is 0.383 e. The summed E-state index contributed by atoms with van der Waals surface area (Å²) < 4.78 is 13.1. The second-order valence-corrected chi connectivity index (χ2v) is 4.31. The Morgan fingerprint density at radius 3 is 2.79 bits per heavy atom. The van der Waals surface area contributed by atoms with Gasteiger partial charge in [-0.3, -0.25) is 4.99 Å². The SMILES string of the molecule is Cc1cc(CN=Cc2c(C)ncnc2N)ccc1F. The summed E-state index contributed by atoms with van der Waals surface area (Å²) in [6.45, 7) is 4.05. The summed E-state index contributed by atoms with van der Waals surface area (Å²) in [6.07, 6.45) is 3.08. The zero-order chi connectivity index (χ0) is 13.8. The van der Waals surface area contributed by atoms with Gasteiger partial charge in [0.05, 0.1) is 17.8 Å². The first-order valence-corrected chi connectivity index (χ1v) is 5.90. The molecule has 1 aromatic heterocycles. The van der Waals surface area contributed by atoms with Crippen LogP contribution in [0.15, 0.2) is 29.5 Å². The Balaban J connectivity index is 2.13. The molecule has 0 saturated heterocycles. The van der Waals surface area contributed by atoms with Crippen molar-refractivity contribution in [3.05, 3.63) is 52.7 Å². The number of benzene rings is 1. The highest BCUT2D eigenvalue weighted by molar-refractivity contribution is 5.86. The molecule has 98 valence electrons. The van der Waals surface area contributed by atoms with Gasteiger partial charge < -0.3 is 5.73 Å². The number of nitrogens with two attached hydrogens (primary N) is 1. The summed E-state index contributed by atoms with van der Waals surface area (Å²) in [5, 5.41) is 0. The molecule has 0 atom stereocenters. The molecule has 5 heteroatoms. The Morgan fingerprint density at radius 1 is 1.32 bits per heavy atom. The van der Waals surface area contributed by atoms with Gasteiger partial charge in [0.1, 0.15) is 18.0 Å². The molecule has 0 saturated carbocycles. The Kier molecular flexibility index (Phi) is 3.85. The monoisotopic (exact) mass is 258 g/mol. The van der Waals surface area contributed by atoms with E-state index < -0.39 is 0 Å². The zero-order valence-electron chi connectivity index (χ0n) is 10.9. The van der Waals surface area contributed by atoms with Gasteiger partial charge in [-0.25, -0.2) is 14.4 Å². The molecule has 2 N–H and O–H groups in total. The van der Waals surface area contributed by atoms with Crippen molar-refractivity contribution in [1.29, 1.82) is 0 Å². The molecule has 0 unspecified atom stereocenters. The van der Waals surface area contributed by atoms with E-state index in [0.717, 1.165) is 16.8 Å². The summed E-state index contributed by atoms with van der Waals surface area (Å²) in [5.74, 6) is 0.204. The molecular weight excluding hydrogens is 243 g/mol. The molecule has 19 heavy (non-hydrogen) atoms. The summed E-state index contributed by atoms with van der Waals surface area (Å²) in [5.41, 5.74) is 8.82. The van der Waals surface area contributed by atoms with Crippen LogP contribution in [-0.2, 0) is 6.54 Å².